The molecule has 0 radical (unpaired) electrons. The summed E-state index contributed by atoms with van der Waals surface area (Å²) in [6.45, 7) is 4.78. The van der Waals surface area contributed by atoms with Gasteiger partial charge in [-0.2, -0.15) is 0 Å². The Balaban J connectivity index is 1.86. The van der Waals surface area contributed by atoms with Crippen LogP contribution in [0.25, 0.3) is 0 Å². The van der Waals surface area contributed by atoms with Crippen LogP contribution in [0.15, 0.2) is 0 Å². The average Bonchev–Trinajstić information content (AvgIpc) is 2.77. The fourth-order valence-electron chi connectivity index (χ4n) is 4.69. The number of ketones is 1. The Morgan fingerprint density at radius 2 is 1.76 bits per heavy atom. The molecule has 3 rings (SSSR count). The predicted molar refractivity (Wildman–Crippen MR) is 80.8 cm³/mol. The Hall–Kier alpha value is -0.650. The molecule has 6 N–H and O–H groups in total. The lowest BCUT2D eigenvalue weighted by molar-refractivity contribution is -0.398. The predicted octanol–water partition coefficient (Wildman–Crippen LogP) is -2.51. The molecule has 1 saturated heterocycles. The Kier molecular flexibility index (Phi) is 4.34. The van der Waals surface area contributed by atoms with Gasteiger partial charge in [-0.25, -0.2) is 0 Å². The Morgan fingerprint density at radius 3 is 2.24 bits per heavy atom. The van der Waals surface area contributed by atoms with E-state index in [1.54, 1.807) is 6.92 Å². The SMILES string of the molecule is CC1(C)[C@@H]2C(=O)C[C@@]1(C)[C@@H](O[C@@H]1O[C@H](CO)[C@@H](O)C(O)(O)[C@H]1O)[C@@H]2O. The van der Waals surface area contributed by atoms with Crippen LogP contribution in [0.1, 0.15) is 27.2 Å². The molecule has 144 valence electrons. The largest absolute Gasteiger partial charge is 0.394 e. The van der Waals surface area contributed by atoms with Crippen LogP contribution < -0.4 is 0 Å². The third-order valence-corrected chi connectivity index (χ3v) is 6.67. The van der Waals surface area contributed by atoms with Gasteiger partial charge in [-0.3, -0.25) is 4.79 Å². The van der Waals surface area contributed by atoms with E-state index in [2.05, 4.69) is 0 Å². The number of rotatable bonds is 3. The molecule has 9 nitrogen and oxygen atoms in total. The van der Waals surface area contributed by atoms with Gasteiger partial charge in [-0.05, 0) is 5.41 Å². The third-order valence-electron chi connectivity index (χ3n) is 6.67. The maximum absolute atomic E-state index is 12.2. The zero-order valence-corrected chi connectivity index (χ0v) is 14.4. The number of hydrogen-bond acceptors (Lipinski definition) is 9. The monoisotopic (exact) mass is 362 g/mol. The van der Waals surface area contributed by atoms with Crippen molar-refractivity contribution in [2.45, 2.75) is 69.8 Å². The standard InChI is InChI=1S/C16H26O9/c1-14(2)8-6(18)4-15(14,3)12(9(8)19)25-13-11(21)16(22,23)10(20)7(5-17)24-13/h7-13,17,19-23H,4-5H2,1-3H3/t7-,8-,9-,10-,11+,12+,13+,15+/m1/s1. The second-order valence-electron chi connectivity index (χ2n) is 8.21. The van der Waals surface area contributed by atoms with E-state index >= 15 is 0 Å². The number of ether oxygens (including phenoxy) is 2. The van der Waals surface area contributed by atoms with E-state index in [1.165, 1.54) is 0 Å². The molecule has 0 aromatic carbocycles. The first kappa shape index (κ1) is 19.1. The topological polar surface area (TPSA) is 157 Å². The molecule has 3 aliphatic rings. The van der Waals surface area contributed by atoms with Gasteiger partial charge in [0.2, 0.25) is 5.79 Å². The van der Waals surface area contributed by atoms with Crippen LogP contribution in [0.3, 0.4) is 0 Å². The second kappa shape index (κ2) is 5.67. The number of carbonyl (C=O) groups is 1. The number of carbonyl (C=O) groups excluding carboxylic acids is 1. The van der Waals surface area contributed by atoms with E-state index in [0.29, 0.717) is 0 Å². The molecular weight excluding hydrogens is 336 g/mol. The molecule has 0 spiro atoms. The summed E-state index contributed by atoms with van der Waals surface area (Å²) in [6.07, 6.45) is -8.80. The van der Waals surface area contributed by atoms with Crippen LogP contribution in [-0.4, -0.2) is 85.6 Å². The Bertz CT molecular complexity index is 562. The van der Waals surface area contributed by atoms with Crippen LogP contribution in [0.4, 0.5) is 0 Å². The van der Waals surface area contributed by atoms with Gasteiger partial charge in [0.1, 0.15) is 18.0 Å². The van der Waals surface area contributed by atoms with Crippen molar-refractivity contribution in [2.24, 2.45) is 16.7 Å². The summed E-state index contributed by atoms with van der Waals surface area (Å²) in [5, 5.41) is 59.6. The number of Topliss-reactive ketones (excluding diaryl/α,β-unsaturated/α-hetero) is 1. The fraction of sp³-hybridized carbons (Fsp3) is 0.938. The molecular formula is C16H26O9. The molecule has 0 unspecified atom stereocenters. The number of aliphatic hydroxyl groups is 6. The normalized spacial score (nSPS) is 51.1. The lowest BCUT2D eigenvalue weighted by Gasteiger charge is -2.47. The molecule has 0 amide bonds. The van der Waals surface area contributed by atoms with E-state index in [4.69, 9.17) is 9.47 Å². The second-order valence-corrected chi connectivity index (χ2v) is 8.21. The molecule has 3 fully saturated rings. The van der Waals surface area contributed by atoms with E-state index < -0.39 is 66.0 Å². The number of aliphatic hydroxyl groups excluding tert-OH is 4. The molecule has 25 heavy (non-hydrogen) atoms. The van der Waals surface area contributed by atoms with Crippen LogP contribution >= 0.6 is 0 Å². The minimum absolute atomic E-state index is 0.0627. The van der Waals surface area contributed by atoms with Gasteiger partial charge < -0.3 is 40.1 Å². The average molecular weight is 362 g/mol. The van der Waals surface area contributed by atoms with Crippen LogP contribution in [0, 0.1) is 16.7 Å². The zero-order chi connectivity index (χ0) is 18.9. The van der Waals surface area contributed by atoms with Gasteiger partial charge in [0, 0.05) is 11.8 Å². The highest BCUT2D eigenvalue weighted by atomic mass is 16.7. The minimum Gasteiger partial charge on any atom is -0.394 e. The molecule has 8 atom stereocenters. The highest BCUT2D eigenvalue weighted by molar-refractivity contribution is 5.87. The zero-order valence-electron chi connectivity index (χ0n) is 14.4. The first-order valence-electron chi connectivity index (χ1n) is 8.33. The molecule has 1 aliphatic heterocycles. The Morgan fingerprint density at radius 1 is 1.16 bits per heavy atom. The summed E-state index contributed by atoms with van der Waals surface area (Å²) in [6, 6.07) is 0. The van der Waals surface area contributed by atoms with Gasteiger partial charge in [-0.1, -0.05) is 20.8 Å². The van der Waals surface area contributed by atoms with E-state index in [1.807, 2.05) is 13.8 Å². The molecule has 1 heterocycles. The van der Waals surface area contributed by atoms with Crippen molar-refractivity contribution in [3.8, 4) is 0 Å². The summed E-state index contributed by atoms with van der Waals surface area (Å²) >= 11 is 0. The van der Waals surface area contributed by atoms with Crippen LogP contribution in [0.2, 0.25) is 0 Å². The Labute approximate surface area is 144 Å². The van der Waals surface area contributed by atoms with Crippen molar-refractivity contribution in [3.63, 3.8) is 0 Å². The highest BCUT2D eigenvalue weighted by Crippen LogP contribution is 2.65. The van der Waals surface area contributed by atoms with E-state index in [-0.39, 0.29) is 12.2 Å². The van der Waals surface area contributed by atoms with Crippen LogP contribution in [0.5, 0.6) is 0 Å². The van der Waals surface area contributed by atoms with Gasteiger partial charge >= 0.3 is 0 Å². The van der Waals surface area contributed by atoms with E-state index in [9.17, 15) is 35.4 Å². The van der Waals surface area contributed by atoms with E-state index in [0.717, 1.165) is 0 Å². The molecule has 2 bridgehead atoms. The first-order valence-corrected chi connectivity index (χ1v) is 8.33. The number of hydrogen-bond donors (Lipinski definition) is 6. The van der Waals surface area contributed by atoms with Gasteiger partial charge in [0.05, 0.1) is 24.7 Å². The first-order chi connectivity index (χ1) is 11.4. The quantitative estimate of drug-likeness (QED) is 0.298. The van der Waals surface area contributed by atoms with Crippen molar-refractivity contribution in [1.29, 1.82) is 0 Å². The summed E-state index contributed by atoms with van der Waals surface area (Å²) in [4.78, 5) is 12.2. The minimum atomic E-state index is -2.95. The lowest BCUT2D eigenvalue weighted by Crippen LogP contribution is -2.68. The lowest BCUT2D eigenvalue weighted by atomic mass is 9.70. The molecule has 2 saturated carbocycles. The summed E-state index contributed by atoms with van der Waals surface area (Å²) < 4.78 is 11.0. The summed E-state index contributed by atoms with van der Waals surface area (Å²) in [5.74, 6) is -3.65. The molecule has 0 aromatic rings. The van der Waals surface area contributed by atoms with Crippen molar-refractivity contribution in [3.05, 3.63) is 0 Å². The highest BCUT2D eigenvalue weighted by Gasteiger charge is 2.71. The van der Waals surface area contributed by atoms with Crippen molar-refractivity contribution < 1.29 is 44.9 Å². The van der Waals surface area contributed by atoms with Crippen LogP contribution in [-0.2, 0) is 14.3 Å². The van der Waals surface area contributed by atoms with Gasteiger partial charge in [0.25, 0.3) is 0 Å². The third kappa shape index (κ3) is 2.35. The van der Waals surface area contributed by atoms with Crippen molar-refractivity contribution >= 4 is 5.78 Å². The molecule has 0 aromatic heterocycles. The summed E-state index contributed by atoms with van der Waals surface area (Å²) in [5.41, 5.74) is -1.30. The van der Waals surface area contributed by atoms with Gasteiger partial charge in [0.15, 0.2) is 12.4 Å². The molecule has 2 aliphatic carbocycles. The summed E-state index contributed by atoms with van der Waals surface area (Å²) in [7, 11) is 0. The maximum Gasteiger partial charge on any atom is 0.224 e. The maximum atomic E-state index is 12.2. The smallest absolute Gasteiger partial charge is 0.224 e. The molecule has 9 heteroatoms. The fourth-order valence-corrected chi connectivity index (χ4v) is 4.69. The number of fused-ring (bicyclic) bond motifs is 2. The van der Waals surface area contributed by atoms with Gasteiger partial charge in [-0.15, -0.1) is 0 Å². The van der Waals surface area contributed by atoms with Crippen molar-refractivity contribution in [2.75, 3.05) is 6.61 Å². The van der Waals surface area contributed by atoms with Crippen molar-refractivity contribution in [1.82, 2.24) is 0 Å².